The van der Waals surface area contributed by atoms with Crippen molar-refractivity contribution in [3.8, 4) is 0 Å². The third-order valence-electron chi connectivity index (χ3n) is 5.90. The van der Waals surface area contributed by atoms with Crippen LogP contribution in [0, 0.1) is 6.92 Å². The van der Waals surface area contributed by atoms with Crippen LogP contribution in [0.15, 0.2) is 107 Å². The molecule has 0 saturated heterocycles. The molecule has 0 fully saturated rings. The first kappa shape index (κ1) is 23.6. The maximum Gasteiger partial charge on any atom is 0.265 e. The molecule has 5 nitrogen and oxygen atoms in total. The molecule has 178 valence electrons. The molecule has 0 radical (unpaired) electrons. The van der Waals surface area contributed by atoms with E-state index in [1.807, 2.05) is 71.6 Å². The van der Waals surface area contributed by atoms with Gasteiger partial charge in [0.1, 0.15) is 0 Å². The molecule has 5 rings (SSSR count). The Morgan fingerprint density at radius 2 is 1.78 bits per heavy atom. The lowest BCUT2D eigenvalue weighted by Gasteiger charge is -2.30. The molecule has 36 heavy (non-hydrogen) atoms. The predicted molar refractivity (Wildman–Crippen MR) is 144 cm³/mol. The van der Waals surface area contributed by atoms with Gasteiger partial charge in [0, 0.05) is 29.4 Å². The molecular weight excluding hydrogens is 466 g/mol. The fourth-order valence-corrected chi connectivity index (χ4v) is 5.14. The number of aromatic nitrogens is 1. The number of thioether (sulfide) groups is 1. The maximum absolute atomic E-state index is 13.5. The summed E-state index contributed by atoms with van der Waals surface area (Å²) in [5, 5.41) is 2.91. The lowest BCUT2D eigenvalue weighted by atomic mass is 10.1. The number of anilines is 1. The number of carbonyl (C=O) groups excluding carboxylic acids is 2. The number of pyridine rings is 1. The smallest absolute Gasteiger partial charge is 0.265 e. The van der Waals surface area contributed by atoms with Crippen LogP contribution in [-0.4, -0.2) is 16.8 Å². The van der Waals surface area contributed by atoms with E-state index in [-0.39, 0.29) is 11.8 Å². The van der Waals surface area contributed by atoms with Crippen molar-refractivity contribution in [2.24, 2.45) is 0 Å². The number of aryl methyl sites for hydroxylation is 1. The number of nitrogens with one attached hydrogen (secondary N) is 1. The van der Waals surface area contributed by atoms with Crippen LogP contribution in [0.3, 0.4) is 0 Å². The van der Waals surface area contributed by atoms with Crippen LogP contribution >= 0.6 is 11.8 Å². The van der Waals surface area contributed by atoms with Crippen LogP contribution in [0.2, 0.25) is 0 Å². The van der Waals surface area contributed by atoms with E-state index in [0.29, 0.717) is 23.6 Å². The maximum atomic E-state index is 13.5. The number of para-hydroxylation sites is 1. The molecule has 4 aromatic rings. The van der Waals surface area contributed by atoms with Gasteiger partial charge in [0.05, 0.1) is 17.1 Å². The highest BCUT2D eigenvalue weighted by Gasteiger charge is 2.29. The van der Waals surface area contributed by atoms with E-state index < -0.39 is 0 Å². The summed E-state index contributed by atoms with van der Waals surface area (Å²) < 4.78 is 0. The van der Waals surface area contributed by atoms with Crippen LogP contribution in [0.25, 0.3) is 6.08 Å². The first-order valence-corrected chi connectivity index (χ1v) is 12.5. The zero-order valence-electron chi connectivity index (χ0n) is 19.8. The van der Waals surface area contributed by atoms with Crippen molar-refractivity contribution in [3.63, 3.8) is 0 Å². The molecule has 1 aliphatic heterocycles. The van der Waals surface area contributed by atoms with Gasteiger partial charge in [0.2, 0.25) is 0 Å². The van der Waals surface area contributed by atoms with E-state index in [9.17, 15) is 9.59 Å². The summed E-state index contributed by atoms with van der Waals surface area (Å²) in [7, 11) is 0. The minimum Gasteiger partial charge on any atom is -0.348 e. The number of fused-ring (bicyclic) bond motifs is 1. The van der Waals surface area contributed by atoms with Crippen LogP contribution < -0.4 is 10.2 Å². The van der Waals surface area contributed by atoms with Gasteiger partial charge in [-0.1, -0.05) is 71.9 Å². The number of amides is 2. The number of nitrogens with zero attached hydrogens (tertiary/aromatic N) is 2. The second-order valence-electron chi connectivity index (χ2n) is 8.62. The third-order valence-corrected chi connectivity index (χ3v) is 6.98. The lowest BCUT2D eigenvalue weighted by Crippen LogP contribution is -2.33. The molecule has 0 saturated carbocycles. The number of benzene rings is 3. The number of carbonyl (C=O) groups is 2. The van der Waals surface area contributed by atoms with E-state index in [0.717, 1.165) is 27.3 Å². The van der Waals surface area contributed by atoms with E-state index in [1.165, 1.54) is 17.3 Å². The van der Waals surface area contributed by atoms with Crippen molar-refractivity contribution in [2.75, 3.05) is 4.90 Å². The highest BCUT2D eigenvalue weighted by molar-refractivity contribution is 8.04. The Balaban J connectivity index is 1.34. The molecule has 0 bridgehead atoms. The Labute approximate surface area is 214 Å². The predicted octanol–water partition coefficient (Wildman–Crippen LogP) is 6.00. The Hall–Kier alpha value is -4.16. The summed E-state index contributed by atoms with van der Waals surface area (Å²) in [5.41, 5.74) is 5.55. The number of hydrogen-bond donors (Lipinski definition) is 1. The number of rotatable bonds is 6. The Morgan fingerprint density at radius 1 is 0.972 bits per heavy atom. The molecule has 2 heterocycles. The molecule has 1 aliphatic rings. The molecule has 3 aromatic carbocycles. The van der Waals surface area contributed by atoms with Crippen LogP contribution in [0.5, 0.6) is 0 Å². The monoisotopic (exact) mass is 491 g/mol. The molecule has 0 aliphatic carbocycles. The van der Waals surface area contributed by atoms with Crippen molar-refractivity contribution in [1.29, 1.82) is 0 Å². The summed E-state index contributed by atoms with van der Waals surface area (Å²) >= 11 is 1.48. The minimum atomic E-state index is -0.153. The Morgan fingerprint density at radius 3 is 2.56 bits per heavy atom. The van der Waals surface area contributed by atoms with Gasteiger partial charge in [-0.2, -0.15) is 0 Å². The van der Waals surface area contributed by atoms with E-state index >= 15 is 0 Å². The Bertz CT molecular complexity index is 1430. The summed E-state index contributed by atoms with van der Waals surface area (Å²) in [6.45, 7) is 2.98. The lowest BCUT2D eigenvalue weighted by molar-refractivity contribution is -0.114. The van der Waals surface area contributed by atoms with E-state index in [1.54, 1.807) is 24.5 Å². The number of hydrogen-bond acceptors (Lipinski definition) is 4. The van der Waals surface area contributed by atoms with Crippen molar-refractivity contribution in [3.05, 3.63) is 130 Å². The Kier molecular flexibility index (Phi) is 6.96. The van der Waals surface area contributed by atoms with Gasteiger partial charge in [0.15, 0.2) is 0 Å². The molecule has 0 unspecified atom stereocenters. The molecule has 1 N–H and O–H groups in total. The highest BCUT2D eigenvalue weighted by Crippen LogP contribution is 2.42. The van der Waals surface area contributed by atoms with Gasteiger partial charge in [-0.15, -0.1) is 0 Å². The molecule has 0 atom stereocenters. The first-order valence-electron chi connectivity index (χ1n) is 11.7. The van der Waals surface area contributed by atoms with Gasteiger partial charge < -0.3 is 10.2 Å². The van der Waals surface area contributed by atoms with Crippen molar-refractivity contribution >= 4 is 35.3 Å². The third kappa shape index (κ3) is 5.39. The largest absolute Gasteiger partial charge is 0.348 e. The van der Waals surface area contributed by atoms with Crippen molar-refractivity contribution in [2.45, 2.75) is 24.9 Å². The van der Waals surface area contributed by atoms with Crippen LogP contribution in [0.4, 0.5) is 5.69 Å². The van der Waals surface area contributed by atoms with Crippen LogP contribution in [0.1, 0.15) is 32.6 Å². The standard InChI is InChI=1S/C30H25N3O2S/c1-21-6-4-7-23(16-21)20-33-26-9-2-3-10-27(26)36-28(30(33)35)17-22-11-13-25(14-12-22)29(34)32-19-24-8-5-15-31-18-24/h2-18H,19-20H2,1H3,(H,32,34)/b28-17+. The summed E-state index contributed by atoms with van der Waals surface area (Å²) in [6, 6.07) is 27.3. The van der Waals surface area contributed by atoms with Gasteiger partial charge >= 0.3 is 0 Å². The quantitative estimate of drug-likeness (QED) is 0.336. The second kappa shape index (κ2) is 10.6. The summed E-state index contributed by atoms with van der Waals surface area (Å²) in [4.78, 5) is 33.7. The molecule has 1 aromatic heterocycles. The normalized spacial score (nSPS) is 14.0. The van der Waals surface area contributed by atoms with Gasteiger partial charge in [-0.25, -0.2) is 0 Å². The SMILES string of the molecule is Cc1cccc(CN2C(=O)/C(=C\c3ccc(C(=O)NCc4cccnc4)cc3)Sc3ccccc32)c1. The summed E-state index contributed by atoms with van der Waals surface area (Å²) in [6.07, 6.45) is 5.33. The zero-order chi connectivity index (χ0) is 24.9. The second-order valence-corrected chi connectivity index (χ2v) is 9.71. The van der Waals surface area contributed by atoms with Gasteiger partial charge in [0.25, 0.3) is 11.8 Å². The summed E-state index contributed by atoms with van der Waals surface area (Å²) in [5.74, 6) is -0.182. The molecule has 2 amide bonds. The van der Waals surface area contributed by atoms with Gasteiger partial charge in [-0.3, -0.25) is 14.6 Å². The average Bonchev–Trinajstić information content (AvgIpc) is 2.91. The minimum absolute atomic E-state index is 0.0292. The van der Waals surface area contributed by atoms with Crippen molar-refractivity contribution in [1.82, 2.24) is 10.3 Å². The first-order chi connectivity index (χ1) is 17.6. The van der Waals surface area contributed by atoms with Crippen molar-refractivity contribution < 1.29 is 9.59 Å². The van der Waals surface area contributed by atoms with Crippen LogP contribution in [-0.2, 0) is 17.9 Å². The zero-order valence-corrected chi connectivity index (χ0v) is 20.7. The molecule has 6 heteroatoms. The van der Waals surface area contributed by atoms with E-state index in [2.05, 4.69) is 29.4 Å². The van der Waals surface area contributed by atoms with Gasteiger partial charge in [-0.05, 0) is 60.0 Å². The highest BCUT2D eigenvalue weighted by atomic mass is 32.2. The van der Waals surface area contributed by atoms with E-state index in [4.69, 9.17) is 0 Å². The average molecular weight is 492 g/mol. The molecule has 0 spiro atoms. The topological polar surface area (TPSA) is 62.3 Å². The molecular formula is C30H25N3O2S. The fraction of sp³-hybridized carbons (Fsp3) is 0.100. The fourth-order valence-electron chi connectivity index (χ4n) is 4.08.